The van der Waals surface area contributed by atoms with Crippen LogP contribution in [0.25, 0.3) is 10.9 Å². The van der Waals surface area contributed by atoms with Crippen molar-refractivity contribution in [2.45, 2.75) is 37.3 Å². The number of aliphatic hydroxyl groups excluding tert-OH is 1. The SMILES string of the molecule is COc1ccc2c3c([nH]c2c1)[C@H](CO)N(Cc1ccncc1)CC31CCN(C(=O)Cc2ccncc2)CC1. The number of fused-ring (bicyclic) bond motifs is 4. The van der Waals surface area contributed by atoms with Crippen molar-refractivity contribution in [1.29, 1.82) is 0 Å². The van der Waals surface area contributed by atoms with E-state index in [2.05, 4.69) is 25.9 Å². The van der Waals surface area contributed by atoms with Gasteiger partial charge in [-0.05, 0) is 65.9 Å². The summed E-state index contributed by atoms with van der Waals surface area (Å²) in [6.45, 7) is 2.98. The number of benzene rings is 1. The van der Waals surface area contributed by atoms with Gasteiger partial charge in [-0.15, -0.1) is 0 Å². The molecule has 6 rings (SSSR count). The summed E-state index contributed by atoms with van der Waals surface area (Å²) in [5, 5.41) is 11.8. The molecule has 1 amide bonds. The highest BCUT2D eigenvalue weighted by atomic mass is 16.5. The molecule has 1 fully saturated rings. The second kappa shape index (κ2) is 10.2. The Balaban J connectivity index is 1.34. The number of carbonyl (C=O) groups excluding carboxylic acids is 1. The quantitative estimate of drug-likeness (QED) is 0.411. The molecule has 1 spiro atoms. The van der Waals surface area contributed by atoms with Gasteiger partial charge in [-0.3, -0.25) is 19.7 Å². The van der Waals surface area contributed by atoms with Crippen LogP contribution in [0.2, 0.25) is 0 Å². The molecule has 0 aliphatic carbocycles. The van der Waals surface area contributed by atoms with E-state index in [0.29, 0.717) is 19.5 Å². The van der Waals surface area contributed by atoms with Gasteiger partial charge in [-0.1, -0.05) is 0 Å². The Bertz CT molecular complexity index is 1410. The Morgan fingerprint density at radius 2 is 1.74 bits per heavy atom. The minimum atomic E-state index is -0.145. The summed E-state index contributed by atoms with van der Waals surface area (Å²) in [7, 11) is 1.68. The molecule has 1 aromatic carbocycles. The van der Waals surface area contributed by atoms with Gasteiger partial charge in [0.15, 0.2) is 0 Å². The summed E-state index contributed by atoms with van der Waals surface area (Å²) in [6, 6.07) is 13.9. The maximum absolute atomic E-state index is 13.2. The predicted octanol–water partition coefficient (Wildman–Crippen LogP) is 3.62. The number of ether oxygens (including phenoxy) is 1. The van der Waals surface area contributed by atoms with E-state index in [0.717, 1.165) is 48.5 Å². The largest absolute Gasteiger partial charge is 0.497 e. The predicted molar refractivity (Wildman–Crippen MR) is 145 cm³/mol. The molecule has 2 aliphatic heterocycles. The van der Waals surface area contributed by atoms with Gasteiger partial charge < -0.3 is 19.7 Å². The highest BCUT2D eigenvalue weighted by Crippen LogP contribution is 2.49. The Hall–Kier alpha value is -3.75. The minimum Gasteiger partial charge on any atom is -0.497 e. The van der Waals surface area contributed by atoms with Crippen LogP contribution in [-0.4, -0.2) is 69.1 Å². The molecule has 8 nitrogen and oxygen atoms in total. The van der Waals surface area contributed by atoms with E-state index >= 15 is 0 Å². The molecule has 4 aromatic rings. The van der Waals surface area contributed by atoms with Gasteiger partial charge in [0.05, 0.1) is 26.2 Å². The van der Waals surface area contributed by atoms with Crippen molar-refractivity contribution in [2.24, 2.45) is 0 Å². The van der Waals surface area contributed by atoms with Crippen LogP contribution < -0.4 is 4.74 Å². The van der Waals surface area contributed by atoms with Crippen molar-refractivity contribution >= 4 is 16.8 Å². The lowest BCUT2D eigenvalue weighted by Crippen LogP contribution is -2.54. The number of aliphatic hydroxyl groups is 1. The van der Waals surface area contributed by atoms with E-state index in [9.17, 15) is 9.90 Å². The van der Waals surface area contributed by atoms with E-state index in [4.69, 9.17) is 4.74 Å². The molecule has 5 heterocycles. The van der Waals surface area contributed by atoms with Crippen molar-refractivity contribution < 1.29 is 14.6 Å². The average Bonchev–Trinajstić information content (AvgIpc) is 3.34. The minimum absolute atomic E-state index is 0.0225. The number of aromatic nitrogens is 3. The maximum atomic E-state index is 13.2. The molecule has 0 saturated carbocycles. The van der Waals surface area contributed by atoms with Crippen LogP contribution >= 0.6 is 0 Å². The molecular formula is C30H33N5O3. The number of nitrogens with zero attached hydrogens (tertiary/aromatic N) is 4. The summed E-state index contributed by atoms with van der Waals surface area (Å²) < 4.78 is 5.50. The number of piperidine rings is 1. The van der Waals surface area contributed by atoms with Gasteiger partial charge in [0.2, 0.25) is 5.91 Å². The molecule has 196 valence electrons. The van der Waals surface area contributed by atoms with Crippen LogP contribution in [0.3, 0.4) is 0 Å². The normalized spacial score (nSPS) is 19.0. The third-order valence-corrected chi connectivity index (χ3v) is 8.33. The third-order valence-electron chi connectivity index (χ3n) is 8.33. The number of nitrogens with one attached hydrogen (secondary N) is 1. The Morgan fingerprint density at radius 3 is 2.39 bits per heavy atom. The molecule has 1 saturated heterocycles. The van der Waals surface area contributed by atoms with Crippen molar-refractivity contribution in [1.82, 2.24) is 24.8 Å². The first-order valence-electron chi connectivity index (χ1n) is 13.2. The molecule has 8 heteroatoms. The van der Waals surface area contributed by atoms with Crippen molar-refractivity contribution in [3.63, 3.8) is 0 Å². The third kappa shape index (κ3) is 4.44. The molecule has 0 radical (unpaired) electrons. The van der Waals surface area contributed by atoms with E-state index in [1.807, 2.05) is 53.7 Å². The number of H-pyrrole nitrogens is 1. The lowest BCUT2D eigenvalue weighted by atomic mass is 9.68. The number of pyridine rings is 2. The van der Waals surface area contributed by atoms with E-state index in [1.165, 1.54) is 16.5 Å². The number of rotatable bonds is 6. The lowest BCUT2D eigenvalue weighted by molar-refractivity contribution is -0.132. The van der Waals surface area contributed by atoms with Gasteiger partial charge in [0.1, 0.15) is 5.75 Å². The zero-order valence-electron chi connectivity index (χ0n) is 21.6. The number of carbonyl (C=O) groups is 1. The standard InChI is InChI=1S/C30H33N5O3/c1-38-23-2-3-24-25(17-23)33-29-26(19-36)35(18-22-6-12-32-13-7-22)20-30(28(24)29)8-14-34(15-9-30)27(37)16-21-4-10-31-11-5-21/h2-7,10-13,17,26,33,36H,8-9,14-16,18-20H2,1H3/t26-/m0/s1. The van der Waals surface area contributed by atoms with Crippen LogP contribution in [-0.2, 0) is 23.2 Å². The zero-order chi connectivity index (χ0) is 26.1. The van der Waals surface area contributed by atoms with Crippen LogP contribution in [0.1, 0.15) is 41.3 Å². The fraction of sp³-hybridized carbons (Fsp3) is 0.367. The van der Waals surface area contributed by atoms with E-state index in [1.54, 1.807) is 19.5 Å². The smallest absolute Gasteiger partial charge is 0.226 e. The topological polar surface area (TPSA) is 94.6 Å². The second-order valence-corrected chi connectivity index (χ2v) is 10.5. The van der Waals surface area contributed by atoms with Crippen molar-refractivity contribution in [2.75, 3.05) is 33.4 Å². The van der Waals surface area contributed by atoms with Crippen molar-refractivity contribution in [3.8, 4) is 5.75 Å². The molecule has 2 aliphatic rings. The van der Waals surface area contributed by atoms with Crippen molar-refractivity contribution in [3.05, 3.63) is 89.6 Å². The monoisotopic (exact) mass is 511 g/mol. The number of amides is 1. The van der Waals surface area contributed by atoms with E-state index in [-0.39, 0.29) is 24.0 Å². The molecule has 38 heavy (non-hydrogen) atoms. The van der Waals surface area contributed by atoms with Crippen LogP contribution in [0.15, 0.2) is 67.3 Å². The number of hydrogen-bond acceptors (Lipinski definition) is 6. The summed E-state index contributed by atoms with van der Waals surface area (Å²) in [5.41, 5.74) is 5.42. The summed E-state index contributed by atoms with van der Waals surface area (Å²) >= 11 is 0. The van der Waals surface area contributed by atoms with Crippen LogP contribution in [0, 0.1) is 0 Å². The van der Waals surface area contributed by atoms with E-state index < -0.39 is 0 Å². The number of aromatic amines is 1. The maximum Gasteiger partial charge on any atom is 0.226 e. The Morgan fingerprint density at radius 1 is 1.05 bits per heavy atom. The van der Waals surface area contributed by atoms with Crippen LogP contribution in [0.5, 0.6) is 5.75 Å². The summed E-state index contributed by atoms with van der Waals surface area (Å²) in [6.07, 6.45) is 9.23. The number of methoxy groups -OCH3 is 1. The fourth-order valence-electron chi connectivity index (χ4n) is 6.38. The Kier molecular flexibility index (Phi) is 6.59. The molecule has 1 atom stereocenters. The fourth-order valence-corrected chi connectivity index (χ4v) is 6.38. The van der Waals surface area contributed by atoms with Gasteiger partial charge >= 0.3 is 0 Å². The molecule has 2 N–H and O–H groups in total. The highest BCUT2D eigenvalue weighted by molar-refractivity contribution is 5.88. The van der Waals surface area contributed by atoms with Gasteiger partial charge in [0.25, 0.3) is 0 Å². The Labute approximate surface area is 222 Å². The second-order valence-electron chi connectivity index (χ2n) is 10.5. The first kappa shape index (κ1) is 24.6. The summed E-state index contributed by atoms with van der Waals surface area (Å²) in [4.78, 5) is 29.5. The number of likely N-dealkylation sites (tertiary alicyclic amines) is 1. The molecule has 0 unspecified atom stereocenters. The van der Waals surface area contributed by atoms with Gasteiger partial charge in [0, 0.05) is 79.0 Å². The average molecular weight is 512 g/mol. The molecule has 0 bridgehead atoms. The van der Waals surface area contributed by atoms with Gasteiger partial charge in [-0.2, -0.15) is 0 Å². The first-order valence-corrected chi connectivity index (χ1v) is 13.2. The number of hydrogen-bond donors (Lipinski definition) is 2. The van der Waals surface area contributed by atoms with Crippen LogP contribution in [0.4, 0.5) is 0 Å². The van der Waals surface area contributed by atoms with Gasteiger partial charge in [-0.25, -0.2) is 0 Å². The molecular weight excluding hydrogens is 478 g/mol. The first-order chi connectivity index (χ1) is 18.6. The lowest BCUT2D eigenvalue weighted by Gasteiger charge is -2.50. The summed E-state index contributed by atoms with van der Waals surface area (Å²) in [5.74, 6) is 0.962. The highest BCUT2D eigenvalue weighted by Gasteiger charge is 2.47. The zero-order valence-corrected chi connectivity index (χ0v) is 21.6. The molecule has 3 aromatic heterocycles.